The average Bonchev–Trinajstić information content (AvgIpc) is 3.92. The minimum atomic E-state index is 0.913. The number of pyridine rings is 1. The normalized spacial score (nSPS) is 12.1. The molecule has 11 aromatic carbocycles. The van der Waals surface area contributed by atoms with E-state index in [-0.39, 0.29) is 0 Å². The molecule has 4 heteroatoms. The predicted molar refractivity (Wildman–Crippen MR) is 268 cm³/mol. The fourth-order valence-corrected chi connectivity index (χ4v) is 10.6. The van der Waals surface area contributed by atoms with E-state index in [1.165, 1.54) is 48.5 Å². The lowest BCUT2D eigenvalue weighted by Gasteiger charge is -2.17. The third kappa shape index (κ3) is 5.05. The smallest absolute Gasteiger partial charge is 0.145 e. The molecule has 0 spiro atoms. The van der Waals surface area contributed by atoms with Crippen LogP contribution in [0.3, 0.4) is 0 Å². The highest BCUT2D eigenvalue weighted by molar-refractivity contribution is 6.25. The summed E-state index contributed by atoms with van der Waals surface area (Å²) in [4.78, 5) is 10.9. The van der Waals surface area contributed by atoms with Crippen molar-refractivity contribution < 1.29 is 0 Å². The van der Waals surface area contributed by atoms with E-state index in [2.05, 4.69) is 228 Å². The summed E-state index contributed by atoms with van der Waals surface area (Å²) in [5.41, 5.74) is 12.9. The fourth-order valence-electron chi connectivity index (χ4n) is 10.6. The summed E-state index contributed by atoms with van der Waals surface area (Å²) in [6.45, 7) is 0. The van der Waals surface area contributed by atoms with Crippen LogP contribution in [0.2, 0.25) is 0 Å². The van der Waals surface area contributed by atoms with E-state index in [9.17, 15) is 0 Å². The molecule has 0 fully saturated rings. The highest BCUT2D eigenvalue weighted by Crippen LogP contribution is 2.43. The van der Waals surface area contributed by atoms with Crippen LogP contribution in [-0.4, -0.2) is 19.1 Å². The van der Waals surface area contributed by atoms with Gasteiger partial charge < -0.3 is 4.57 Å². The zero-order valence-corrected chi connectivity index (χ0v) is 34.6. The van der Waals surface area contributed by atoms with Gasteiger partial charge in [0.1, 0.15) is 5.82 Å². The SMILES string of the molecule is c1ccc(-c2nc3c(ccc4c5ccc(-c6cccc(-c7nc8ccccc8n7-c7ccc8ccc9cccc%10ccc7c8c9%10)c6)cc5n(-c5ccccc5)c43)c3ccccc23)cc1. The largest absolute Gasteiger partial charge is 0.307 e. The molecule has 3 aromatic heterocycles. The molecule has 0 atom stereocenters. The lowest BCUT2D eigenvalue weighted by Crippen LogP contribution is -2.00. The Morgan fingerprint density at radius 3 is 1.81 bits per heavy atom. The second-order valence-corrected chi connectivity index (χ2v) is 16.9. The summed E-state index contributed by atoms with van der Waals surface area (Å²) >= 11 is 0. The molecular formula is C60H36N4. The van der Waals surface area contributed by atoms with Gasteiger partial charge in [-0.3, -0.25) is 4.57 Å². The molecule has 4 nitrogen and oxygen atoms in total. The number of imidazole rings is 1. The average molecular weight is 813 g/mol. The number of nitrogens with zero attached hydrogens (tertiary/aromatic N) is 4. The zero-order valence-electron chi connectivity index (χ0n) is 34.6. The molecule has 64 heavy (non-hydrogen) atoms. The van der Waals surface area contributed by atoms with Gasteiger partial charge in [-0.05, 0) is 85.9 Å². The van der Waals surface area contributed by atoms with Crippen molar-refractivity contribution in [1.29, 1.82) is 0 Å². The Kier molecular flexibility index (Phi) is 7.36. The number of fused-ring (bicyclic) bond motifs is 8. The molecule has 0 amide bonds. The van der Waals surface area contributed by atoms with Gasteiger partial charge in [0.15, 0.2) is 0 Å². The van der Waals surface area contributed by atoms with Gasteiger partial charge in [-0.1, -0.05) is 176 Å². The number of aromatic nitrogens is 4. The van der Waals surface area contributed by atoms with E-state index in [1.54, 1.807) is 0 Å². The van der Waals surface area contributed by atoms with Crippen LogP contribution in [0.1, 0.15) is 0 Å². The second-order valence-electron chi connectivity index (χ2n) is 16.9. The zero-order chi connectivity index (χ0) is 41.9. The molecule has 0 bridgehead atoms. The van der Waals surface area contributed by atoms with E-state index in [4.69, 9.17) is 9.97 Å². The van der Waals surface area contributed by atoms with E-state index < -0.39 is 0 Å². The molecule has 14 aromatic rings. The Hall–Kier alpha value is -8.60. The van der Waals surface area contributed by atoms with Crippen molar-refractivity contribution in [2.24, 2.45) is 0 Å². The highest BCUT2D eigenvalue weighted by Gasteiger charge is 2.22. The van der Waals surface area contributed by atoms with Gasteiger partial charge in [-0.15, -0.1) is 0 Å². The van der Waals surface area contributed by atoms with Crippen LogP contribution in [0.25, 0.3) is 132 Å². The first kappa shape index (κ1) is 35.0. The Morgan fingerprint density at radius 2 is 0.953 bits per heavy atom. The monoisotopic (exact) mass is 812 g/mol. The Balaban J connectivity index is 0.991. The number of hydrogen-bond donors (Lipinski definition) is 0. The minimum Gasteiger partial charge on any atom is -0.307 e. The maximum absolute atomic E-state index is 5.57. The Labute approximate surface area is 367 Å². The first-order valence-corrected chi connectivity index (χ1v) is 21.9. The van der Waals surface area contributed by atoms with Crippen LogP contribution in [0.5, 0.6) is 0 Å². The van der Waals surface area contributed by atoms with E-state index in [1.807, 2.05) is 0 Å². The van der Waals surface area contributed by atoms with Crippen molar-refractivity contribution in [2.75, 3.05) is 0 Å². The van der Waals surface area contributed by atoms with Crippen molar-refractivity contribution in [3.8, 4) is 45.1 Å². The first-order chi connectivity index (χ1) is 31.7. The van der Waals surface area contributed by atoms with Crippen LogP contribution >= 0.6 is 0 Å². The number of hydrogen-bond acceptors (Lipinski definition) is 2. The van der Waals surface area contributed by atoms with Gasteiger partial charge in [0, 0.05) is 43.7 Å². The van der Waals surface area contributed by atoms with Gasteiger partial charge in [0.2, 0.25) is 0 Å². The number of para-hydroxylation sites is 3. The van der Waals surface area contributed by atoms with Crippen molar-refractivity contribution in [1.82, 2.24) is 19.1 Å². The maximum atomic E-state index is 5.57. The van der Waals surface area contributed by atoms with Gasteiger partial charge in [0.05, 0.1) is 39.0 Å². The van der Waals surface area contributed by atoms with Crippen molar-refractivity contribution in [3.05, 3.63) is 218 Å². The third-order valence-corrected chi connectivity index (χ3v) is 13.4. The molecule has 0 unspecified atom stereocenters. The van der Waals surface area contributed by atoms with Gasteiger partial charge in [-0.25, -0.2) is 9.97 Å². The summed E-state index contributed by atoms with van der Waals surface area (Å²) in [5.74, 6) is 0.913. The molecule has 0 saturated heterocycles. The van der Waals surface area contributed by atoms with Crippen molar-refractivity contribution in [3.63, 3.8) is 0 Å². The maximum Gasteiger partial charge on any atom is 0.145 e. The minimum absolute atomic E-state index is 0.913. The summed E-state index contributed by atoms with van der Waals surface area (Å²) in [6, 6.07) is 79.0. The summed E-state index contributed by atoms with van der Waals surface area (Å²) in [7, 11) is 0. The van der Waals surface area contributed by atoms with Crippen LogP contribution in [0.4, 0.5) is 0 Å². The molecule has 0 radical (unpaired) electrons. The second kappa shape index (κ2) is 13.4. The lowest BCUT2D eigenvalue weighted by molar-refractivity contribution is 1.12. The molecule has 0 aliphatic rings. The number of rotatable bonds is 5. The molecule has 0 N–H and O–H groups in total. The fraction of sp³-hybridized carbons (Fsp3) is 0. The third-order valence-electron chi connectivity index (χ3n) is 13.4. The van der Waals surface area contributed by atoms with E-state index >= 15 is 0 Å². The van der Waals surface area contributed by atoms with Crippen molar-refractivity contribution >= 4 is 86.8 Å². The summed E-state index contributed by atoms with van der Waals surface area (Å²) in [6.07, 6.45) is 0. The molecular weight excluding hydrogens is 777 g/mol. The van der Waals surface area contributed by atoms with Crippen LogP contribution < -0.4 is 0 Å². The Morgan fingerprint density at radius 1 is 0.328 bits per heavy atom. The molecule has 3 heterocycles. The van der Waals surface area contributed by atoms with Crippen LogP contribution in [0, 0.1) is 0 Å². The van der Waals surface area contributed by atoms with Gasteiger partial charge in [-0.2, -0.15) is 0 Å². The van der Waals surface area contributed by atoms with E-state index in [0.29, 0.717) is 0 Å². The summed E-state index contributed by atoms with van der Waals surface area (Å²) < 4.78 is 4.78. The lowest BCUT2D eigenvalue weighted by atomic mass is 9.93. The van der Waals surface area contributed by atoms with Gasteiger partial charge in [0.25, 0.3) is 0 Å². The van der Waals surface area contributed by atoms with Crippen LogP contribution in [-0.2, 0) is 0 Å². The summed E-state index contributed by atoms with van der Waals surface area (Å²) in [5, 5.41) is 13.4. The highest BCUT2D eigenvalue weighted by atomic mass is 15.1. The molecule has 14 rings (SSSR count). The topological polar surface area (TPSA) is 35.6 Å². The Bertz CT molecular complexity index is 4160. The quantitative estimate of drug-likeness (QED) is 0.162. The predicted octanol–water partition coefficient (Wildman–Crippen LogP) is 15.7. The van der Waals surface area contributed by atoms with Crippen LogP contribution in [0.15, 0.2) is 218 Å². The first-order valence-electron chi connectivity index (χ1n) is 21.9. The van der Waals surface area contributed by atoms with Crippen molar-refractivity contribution in [2.45, 2.75) is 0 Å². The van der Waals surface area contributed by atoms with Gasteiger partial charge >= 0.3 is 0 Å². The number of benzene rings is 11. The van der Waals surface area contributed by atoms with E-state index in [0.717, 1.165) is 83.5 Å². The molecule has 0 aliphatic carbocycles. The molecule has 296 valence electrons. The molecule has 0 aliphatic heterocycles. The molecule has 0 saturated carbocycles. The standard InChI is InChI=1S/C60H36N4/c1-3-13-40(14-4-1)57-47-22-8-7-21-45(47)48-32-33-49-46-30-28-42(36-54(46)63(59(49)58(48)62-57)44-19-5-2-6-20-44)41-17-12-18-43(35-41)60-61-51-23-9-10-24-53(51)64(60)52-34-29-39-26-25-37-15-11-16-38-27-31-50(52)56(39)55(37)38/h1-36H.